The predicted molar refractivity (Wildman–Crippen MR) is 104 cm³/mol. The number of methoxy groups -OCH3 is 1. The van der Waals surface area contributed by atoms with Gasteiger partial charge < -0.3 is 15.0 Å². The Bertz CT molecular complexity index is 958. The number of amides is 1. The quantitative estimate of drug-likeness (QED) is 0.698. The Morgan fingerprint density at radius 1 is 0.963 bits per heavy atom. The second-order valence-corrected chi connectivity index (χ2v) is 5.83. The first-order chi connectivity index (χ1) is 13.1. The lowest BCUT2D eigenvalue weighted by molar-refractivity contribution is 0.0600. The van der Waals surface area contributed by atoms with E-state index in [0.29, 0.717) is 22.6 Å². The van der Waals surface area contributed by atoms with Gasteiger partial charge in [0.05, 0.1) is 12.7 Å². The van der Waals surface area contributed by atoms with E-state index in [4.69, 9.17) is 4.74 Å². The van der Waals surface area contributed by atoms with Crippen LogP contribution in [0.1, 0.15) is 20.7 Å². The summed E-state index contributed by atoms with van der Waals surface area (Å²) in [6.07, 6.45) is 1.57. The maximum Gasteiger partial charge on any atom is 0.337 e. The number of carbonyl (C=O) groups excluding carboxylic acids is 2. The van der Waals surface area contributed by atoms with Crippen molar-refractivity contribution in [2.45, 2.75) is 0 Å². The molecule has 3 rings (SSSR count). The van der Waals surface area contributed by atoms with Crippen LogP contribution < -0.4 is 10.2 Å². The monoisotopic (exact) mass is 361 g/mol. The highest BCUT2D eigenvalue weighted by Crippen LogP contribution is 2.19. The summed E-state index contributed by atoms with van der Waals surface area (Å²) < 4.78 is 4.73. The summed E-state index contributed by atoms with van der Waals surface area (Å²) >= 11 is 0. The fourth-order valence-electron chi connectivity index (χ4n) is 2.58. The second kappa shape index (κ2) is 8.14. The Labute approximate surface area is 157 Å². The molecule has 0 saturated carbocycles. The normalized spacial score (nSPS) is 10.1. The van der Waals surface area contributed by atoms with Crippen LogP contribution in [-0.4, -0.2) is 31.0 Å². The van der Waals surface area contributed by atoms with E-state index >= 15 is 0 Å². The van der Waals surface area contributed by atoms with Gasteiger partial charge in [-0.1, -0.05) is 24.3 Å². The number of aromatic nitrogens is 1. The number of carbonyl (C=O) groups is 2. The summed E-state index contributed by atoms with van der Waals surface area (Å²) in [5.74, 6) is -0.0562. The summed E-state index contributed by atoms with van der Waals surface area (Å²) in [6.45, 7) is 0. The molecular formula is C21H19N3O3. The minimum Gasteiger partial charge on any atom is -0.465 e. The van der Waals surface area contributed by atoms with Gasteiger partial charge in [0.25, 0.3) is 5.91 Å². The summed E-state index contributed by atoms with van der Waals surface area (Å²) in [5, 5.41) is 3.11. The average molecular weight is 361 g/mol. The molecule has 1 amide bonds. The number of pyridine rings is 1. The van der Waals surface area contributed by atoms with Crippen molar-refractivity contribution in [1.82, 2.24) is 4.98 Å². The molecule has 0 fully saturated rings. The molecule has 0 radical (unpaired) electrons. The van der Waals surface area contributed by atoms with Gasteiger partial charge in [-0.3, -0.25) is 4.79 Å². The highest BCUT2D eigenvalue weighted by Gasteiger charge is 2.14. The largest absolute Gasteiger partial charge is 0.465 e. The smallest absolute Gasteiger partial charge is 0.337 e. The molecule has 1 heterocycles. The van der Waals surface area contributed by atoms with Crippen molar-refractivity contribution in [2.24, 2.45) is 0 Å². The highest BCUT2D eigenvalue weighted by molar-refractivity contribution is 6.06. The van der Waals surface area contributed by atoms with E-state index in [0.717, 1.165) is 5.69 Å². The van der Waals surface area contributed by atoms with Crippen LogP contribution in [-0.2, 0) is 4.74 Å². The first kappa shape index (κ1) is 18.1. The van der Waals surface area contributed by atoms with Crippen molar-refractivity contribution in [2.75, 3.05) is 24.4 Å². The number of esters is 1. The van der Waals surface area contributed by atoms with Crippen LogP contribution in [0, 0.1) is 0 Å². The van der Waals surface area contributed by atoms with Gasteiger partial charge in [0.1, 0.15) is 5.82 Å². The predicted octanol–water partition coefficient (Wildman–Crippen LogP) is 3.89. The molecule has 0 aliphatic rings. The van der Waals surface area contributed by atoms with Gasteiger partial charge in [0, 0.05) is 30.2 Å². The van der Waals surface area contributed by atoms with Gasteiger partial charge in [0.15, 0.2) is 0 Å². The van der Waals surface area contributed by atoms with E-state index in [1.54, 1.807) is 54.5 Å². The highest BCUT2D eigenvalue weighted by atomic mass is 16.5. The van der Waals surface area contributed by atoms with Crippen molar-refractivity contribution >= 4 is 29.1 Å². The lowest BCUT2D eigenvalue weighted by atomic mass is 10.2. The van der Waals surface area contributed by atoms with Gasteiger partial charge in [-0.2, -0.15) is 0 Å². The van der Waals surface area contributed by atoms with Crippen molar-refractivity contribution < 1.29 is 14.3 Å². The summed E-state index contributed by atoms with van der Waals surface area (Å²) in [7, 11) is 3.06. The second-order valence-electron chi connectivity index (χ2n) is 5.83. The molecule has 3 aromatic rings. The lowest BCUT2D eigenvalue weighted by Crippen LogP contribution is -2.26. The van der Waals surface area contributed by atoms with E-state index in [-0.39, 0.29) is 5.91 Å². The molecule has 136 valence electrons. The van der Waals surface area contributed by atoms with Crippen molar-refractivity contribution in [3.05, 3.63) is 84.1 Å². The molecular weight excluding hydrogens is 342 g/mol. The number of nitrogens with one attached hydrogen (secondary N) is 1. The van der Waals surface area contributed by atoms with Gasteiger partial charge in [-0.25, -0.2) is 9.78 Å². The van der Waals surface area contributed by atoms with Crippen LogP contribution in [0.4, 0.5) is 17.2 Å². The van der Waals surface area contributed by atoms with Crippen LogP contribution >= 0.6 is 0 Å². The van der Waals surface area contributed by atoms with E-state index in [1.807, 2.05) is 30.3 Å². The van der Waals surface area contributed by atoms with Crippen molar-refractivity contribution in [3.8, 4) is 0 Å². The molecule has 0 saturated heterocycles. The molecule has 0 aliphatic carbocycles. The Balaban J connectivity index is 1.80. The molecule has 0 spiro atoms. The summed E-state index contributed by atoms with van der Waals surface area (Å²) in [5.41, 5.74) is 2.41. The molecule has 2 aromatic carbocycles. The molecule has 1 N–H and O–H groups in total. The molecule has 6 nitrogen and oxygen atoms in total. The molecule has 1 aromatic heterocycles. The topological polar surface area (TPSA) is 71.5 Å². The number of hydrogen-bond acceptors (Lipinski definition) is 5. The maximum absolute atomic E-state index is 12.7. The first-order valence-electron chi connectivity index (χ1n) is 8.33. The fraction of sp³-hybridized carbons (Fsp3) is 0.0952. The molecule has 0 unspecified atom stereocenters. The van der Waals surface area contributed by atoms with Crippen LogP contribution in [0.2, 0.25) is 0 Å². The van der Waals surface area contributed by atoms with Gasteiger partial charge in [-0.05, 0) is 42.5 Å². The number of ether oxygens (including phenoxy) is 1. The lowest BCUT2D eigenvalue weighted by Gasteiger charge is -2.17. The number of para-hydroxylation sites is 1. The first-order valence-corrected chi connectivity index (χ1v) is 8.33. The summed E-state index contributed by atoms with van der Waals surface area (Å²) in [6, 6.07) is 19.6. The zero-order valence-electron chi connectivity index (χ0n) is 15.0. The Morgan fingerprint density at radius 3 is 2.48 bits per heavy atom. The van der Waals surface area contributed by atoms with Gasteiger partial charge >= 0.3 is 5.97 Å². The number of nitrogens with zero attached hydrogens (tertiary/aromatic N) is 2. The summed E-state index contributed by atoms with van der Waals surface area (Å²) in [4.78, 5) is 30.2. The van der Waals surface area contributed by atoms with E-state index in [9.17, 15) is 9.59 Å². The third kappa shape index (κ3) is 4.30. The minimum atomic E-state index is -0.417. The van der Waals surface area contributed by atoms with Crippen molar-refractivity contribution in [1.29, 1.82) is 0 Å². The standard InChI is InChI=1S/C21H19N3O3/c1-24(18-9-4-3-5-10-18)20(25)15-11-12-22-19(14-15)23-17-8-6-7-16(13-17)21(26)27-2/h3-14H,1-2H3,(H,22,23). The Hall–Kier alpha value is -3.67. The van der Waals surface area contributed by atoms with Crippen LogP contribution in [0.15, 0.2) is 72.9 Å². The third-order valence-corrected chi connectivity index (χ3v) is 4.01. The minimum absolute atomic E-state index is 0.144. The Kier molecular flexibility index (Phi) is 5.47. The molecule has 6 heteroatoms. The van der Waals surface area contributed by atoms with Gasteiger partial charge in [-0.15, -0.1) is 0 Å². The van der Waals surface area contributed by atoms with E-state index in [2.05, 4.69) is 10.3 Å². The van der Waals surface area contributed by atoms with Crippen LogP contribution in [0.25, 0.3) is 0 Å². The number of anilines is 3. The zero-order chi connectivity index (χ0) is 19.2. The van der Waals surface area contributed by atoms with Crippen LogP contribution in [0.5, 0.6) is 0 Å². The maximum atomic E-state index is 12.7. The van der Waals surface area contributed by atoms with E-state index in [1.165, 1.54) is 7.11 Å². The number of hydrogen-bond donors (Lipinski definition) is 1. The molecule has 27 heavy (non-hydrogen) atoms. The van der Waals surface area contributed by atoms with Gasteiger partial charge in [0.2, 0.25) is 0 Å². The molecule has 0 atom stereocenters. The molecule has 0 aliphatic heterocycles. The Morgan fingerprint density at radius 2 is 1.74 bits per heavy atom. The number of benzene rings is 2. The SMILES string of the molecule is COC(=O)c1cccc(Nc2cc(C(=O)N(C)c3ccccc3)ccn2)c1. The zero-order valence-corrected chi connectivity index (χ0v) is 15.0. The fourth-order valence-corrected chi connectivity index (χ4v) is 2.58. The average Bonchev–Trinajstić information content (AvgIpc) is 2.73. The molecule has 0 bridgehead atoms. The third-order valence-electron chi connectivity index (χ3n) is 4.01. The van der Waals surface area contributed by atoms with Crippen molar-refractivity contribution in [3.63, 3.8) is 0 Å². The van der Waals surface area contributed by atoms with Crippen LogP contribution in [0.3, 0.4) is 0 Å². The van der Waals surface area contributed by atoms with E-state index < -0.39 is 5.97 Å². The number of rotatable bonds is 5.